The fourth-order valence-corrected chi connectivity index (χ4v) is 2.31. The topological polar surface area (TPSA) is 20.2 Å². The van der Waals surface area contributed by atoms with Crippen LogP contribution < -0.4 is 0 Å². The van der Waals surface area contributed by atoms with Crippen LogP contribution in [0, 0.1) is 6.92 Å². The first-order valence-corrected chi connectivity index (χ1v) is 5.43. The number of hydrogen-bond donors (Lipinski definition) is 1. The third-order valence-corrected chi connectivity index (χ3v) is 3.17. The third kappa shape index (κ3) is 1.86. The molecular formula is C12H12OS. The molecule has 0 radical (unpaired) electrons. The molecule has 0 saturated carbocycles. The summed E-state index contributed by atoms with van der Waals surface area (Å²) < 4.78 is 0. The minimum Gasteiger partial charge on any atom is -0.392 e. The number of aryl methyl sites for hydroxylation is 1. The molecule has 1 N–H and O–H groups in total. The van der Waals surface area contributed by atoms with Crippen LogP contribution in [0.15, 0.2) is 35.7 Å². The molecule has 0 atom stereocenters. The molecule has 1 aromatic carbocycles. The van der Waals surface area contributed by atoms with E-state index in [2.05, 4.69) is 31.2 Å². The van der Waals surface area contributed by atoms with Crippen molar-refractivity contribution in [2.75, 3.05) is 0 Å². The number of hydrogen-bond acceptors (Lipinski definition) is 2. The van der Waals surface area contributed by atoms with Crippen LogP contribution in [-0.2, 0) is 6.61 Å². The summed E-state index contributed by atoms with van der Waals surface area (Å²) in [5.74, 6) is 0. The average molecular weight is 204 g/mol. The largest absolute Gasteiger partial charge is 0.392 e. The molecule has 0 saturated heterocycles. The summed E-state index contributed by atoms with van der Waals surface area (Å²) in [6.07, 6.45) is 0. The molecule has 0 bridgehead atoms. The minimum atomic E-state index is 0.127. The van der Waals surface area contributed by atoms with Gasteiger partial charge in [0.2, 0.25) is 0 Å². The van der Waals surface area contributed by atoms with E-state index in [0.717, 1.165) is 5.56 Å². The van der Waals surface area contributed by atoms with Gasteiger partial charge in [-0.15, -0.1) is 11.3 Å². The van der Waals surface area contributed by atoms with Crippen molar-refractivity contribution >= 4 is 11.3 Å². The van der Waals surface area contributed by atoms with E-state index in [9.17, 15) is 0 Å². The van der Waals surface area contributed by atoms with Gasteiger partial charge in [-0.3, -0.25) is 0 Å². The van der Waals surface area contributed by atoms with Crippen LogP contribution in [0.25, 0.3) is 10.4 Å². The molecule has 1 nitrogen and oxygen atoms in total. The van der Waals surface area contributed by atoms with Gasteiger partial charge in [0.15, 0.2) is 0 Å². The Morgan fingerprint density at radius 2 is 2.14 bits per heavy atom. The van der Waals surface area contributed by atoms with Crippen molar-refractivity contribution in [2.24, 2.45) is 0 Å². The summed E-state index contributed by atoms with van der Waals surface area (Å²) in [6.45, 7) is 2.21. The molecule has 72 valence electrons. The maximum atomic E-state index is 8.96. The summed E-state index contributed by atoms with van der Waals surface area (Å²) in [7, 11) is 0. The van der Waals surface area contributed by atoms with Crippen LogP contribution in [0.2, 0.25) is 0 Å². The van der Waals surface area contributed by atoms with E-state index in [0.29, 0.717) is 0 Å². The second-order valence-electron chi connectivity index (χ2n) is 3.35. The Morgan fingerprint density at radius 3 is 2.79 bits per heavy atom. The number of thiophene rings is 1. The lowest BCUT2D eigenvalue weighted by Crippen LogP contribution is -1.76. The van der Waals surface area contributed by atoms with Crippen LogP contribution in [0.3, 0.4) is 0 Å². The molecule has 0 aliphatic rings. The monoisotopic (exact) mass is 204 g/mol. The summed E-state index contributed by atoms with van der Waals surface area (Å²) in [5, 5.41) is 11.0. The maximum Gasteiger partial charge on any atom is 0.0690 e. The van der Waals surface area contributed by atoms with Crippen LogP contribution in [0.1, 0.15) is 11.1 Å². The fraction of sp³-hybridized carbons (Fsp3) is 0.167. The van der Waals surface area contributed by atoms with E-state index in [1.54, 1.807) is 11.3 Å². The molecule has 14 heavy (non-hydrogen) atoms. The zero-order valence-corrected chi connectivity index (χ0v) is 8.84. The molecule has 0 aliphatic carbocycles. The van der Waals surface area contributed by atoms with Crippen molar-refractivity contribution in [1.29, 1.82) is 0 Å². The van der Waals surface area contributed by atoms with Crippen LogP contribution in [0.5, 0.6) is 0 Å². The predicted octanol–water partition coefficient (Wildman–Crippen LogP) is 3.22. The first kappa shape index (κ1) is 9.44. The van der Waals surface area contributed by atoms with Gasteiger partial charge in [-0.25, -0.2) is 0 Å². The minimum absolute atomic E-state index is 0.127. The molecule has 0 unspecified atom stereocenters. The first-order valence-electron chi connectivity index (χ1n) is 4.55. The summed E-state index contributed by atoms with van der Waals surface area (Å²) in [6, 6.07) is 10.4. The molecule has 0 spiro atoms. The molecular weight excluding hydrogens is 192 g/mol. The summed E-state index contributed by atoms with van der Waals surface area (Å²) in [5.41, 5.74) is 3.49. The molecule has 1 heterocycles. The zero-order valence-electron chi connectivity index (χ0n) is 8.03. The summed E-state index contributed by atoms with van der Waals surface area (Å²) in [4.78, 5) is 1.22. The second kappa shape index (κ2) is 3.95. The molecule has 2 heteroatoms. The normalized spacial score (nSPS) is 10.4. The predicted molar refractivity (Wildman–Crippen MR) is 60.4 cm³/mol. The highest BCUT2D eigenvalue weighted by molar-refractivity contribution is 7.13. The van der Waals surface area contributed by atoms with Crippen molar-refractivity contribution in [3.8, 4) is 10.4 Å². The molecule has 0 amide bonds. The Labute approximate surface area is 87.7 Å². The lowest BCUT2D eigenvalue weighted by molar-refractivity contribution is 0.282. The van der Waals surface area contributed by atoms with Gasteiger partial charge in [-0.05, 0) is 29.5 Å². The maximum absolute atomic E-state index is 8.96. The highest BCUT2D eigenvalue weighted by Gasteiger charge is 2.01. The SMILES string of the molecule is Cc1cccc(-c2cc(CO)cs2)c1. The Bertz CT molecular complexity index is 431. The van der Waals surface area contributed by atoms with Gasteiger partial charge in [0.1, 0.15) is 0 Å². The van der Waals surface area contributed by atoms with Crippen molar-refractivity contribution in [2.45, 2.75) is 13.5 Å². The number of benzene rings is 1. The Balaban J connectivity index is 2.39. The van der Waals surface area contributed by atoms with Crippen LogP contribution in [0.4, 0.5) is 0 Å². The fourth-order valence-electron chi connectivity index (χ4n) is 1.41. The Morgan fingerprint density at radius 1 is 1.29 bits per heavy atom. The van der Waals surface area contributed by atoms with Crippen LogP contribution >= 0.6 is 11.3 Å². The quantitative estimate of drug-likeness (QED) is 0.796. The van der Waals surface area contributed by atoms with Crippen molar-refractivity contribution in [3.05, 3.63) is 46.8 Å². The van der Waals surface area contributed by atoms with Gasteiger partial charge in [-0.2, -0.15) is 0 Å². The van der Waals surface area contributed by atoms with E-state index in [4.69, 9.17) is 5.11 Å². The smallest absolute Gasteiger partial charge is 0.0690 e. The zero-order chi connectivity index (χ0) is 9.97. The standard InChI is InChI=1S/C12H12OS/c1-9-3-2-4-11(5-9)12-6-10(7-13)8-14-12/h2-6,8,13H,7H2,1H3. The lowest BCUT2D eigenvalue weighted by atomic mass is 10.1. The van der Waals surface area contributed by atoms with Gasteiger partial charge in [0.25, 0.3) is 0 Å². The van der Waals surface area contributed by atoms with Gasteiger partial charge in [-0.1, -0.05) is 29.8 Å². The Kier molecular flexibility index (Phi) is 2.66. The van der Waals surface area contributed by atoms with Crippen LogP contribution in [-0.4, -0.2) is 5.11 Å². The number of aliphatic hydroxyl groups is 1. The number of rotatable bonds is 2. The third-order valence-electron chi connectivity index (χ3n) is 2.14. The molecule has 0 fully saturated rings. The van der Waals surface area contributed by atoms with E-state index in [-0.39, 0.29) is 6.61 Å². The van der Waals surface area contributed by atoms with E-state index in [1.165, 1.54) is 16.0 Å². The highest BCUT2D eigenvalue weighted by atomic mass is 32.1. The van der Waals surface area contributed by atoms with E-state index in [1.807, 2.05) is 11.4 Å². The van der Waals surface area contributed by atoms with Gasteiger partial charge in [0, 0.05) is 4.88 Å². The van der Waals surface area contributed by atoms with Gasteiger partial charge >= 0.3 is 0 Å². The average Bonchev–Trinajstić information content (AvgIpc) is 2.66. The first-order chi connectivity index (χ1) is 6.79. The highest BCUT2D eigenvalue weighted by Crippen LogP contribution is 2.27. The van der Waals surface area contributed by atoms with E-state index >= 15 is 0 Å². The second-order valence-corrected chi connectivity index (χ2v) is 4.26. The molecule has 2 aromatic rings. The van der Waals surface area contributed by atoms with Crippen molar-refractivity contribution in [3.63, 3.8) is 0 Å². The van der Waals surface area contributed by atoms with Gasteiger partial charge < -0.3 is 5.11 Å². The molecule has 2 rings (SSSR count). The van der Waals surface area contributed by atoms with Crippen molar-refractivity contribution < 1.29 is 5.11 Å². The van der Waals surface area contributed by atoms with E-state index < -0.39 is 0 Å². The molecule has 0 aliphatic heterocycles. The number of aliphatic hydroxyl groups excluding tert-OH is 1. The lowest BCUT2D eigenvalue weighted by Gasteiger charge is -1.97. The molecule has 1 aromatic heterocycles. The van der Waals surface area contributed by atoms with Crippen molar-refractivity contribution in [1.82, 2.24) is 0 Å². The summed E-state index contributed by atoms with van der Waals surface area (Å²) >= 11 is 1.68. The van der Waals surface area contributed by atoms with Gasteiger partial charge in [0.05, 0.1) is 6.61 Å². The Hall–Kier alpha value is -1.12.